The number of aromatic nitrogens is 3. The van der Waals surface area contributed by atoms with E-state index in [1.165, 1.54) is 32.1 Å². The number of pyridine rings is 1. The van der Waals surface area contributed by atoms with Crippen LogP contribution < -0.4 is 10.6 Å². The molecule has 2 aromatic heterocycles. The maximum Gasteiger partial charge on any atom is 0.227 e. The summed E-state index contributed by atoms with van der Waals surface area (Å²) in [5.41, 5.74) is 2.67. The molecule has 1 fully saturated rings. The Bertz CT molecular complexity index is 918. The molecule has 0 unspecified atom stereocenters. The van der Waals surface area contributed by atoms with E-state index in [-0.39, 0.29) is 12.3 Å². The summed E-state index contributed by atoms with van der Waals surface area (Å²) in [6, 6.07) is 12.1. The molecule has 4 rings (SSSR count). The van der Waals surface area contributed by atoms with Crippen LogP contribution in [0.5, 0.6) is 0 Å². The molecule has 2 N–H and O–H groups in total. The highest BCUT2D eigenvalue weighted by Gasteiger charge is 2.13. The zero-order valence-corrected chi connectivity index (χ0v) is 16.3. The first-order valence-corrected chi connectivity index (χ1v) is 10.2. The first kappa shape index (κ1) is 19.1. The number of carbonyl (C=O) groups is 1. The SMILES string of the molecule is O=C(CCc1nc(-c2cccnc2)no1)Nc1ccc(NC2CCCCC2)cc1. The largest absolute Gasteiger partial charge is 0.382 e. The van der Waals surface area contributed by atoms with Gasteiger partial charge in [-0.25, -0.2) is 0 Å². The summed E-state index contributed by atoms with van der Waals surface area (Å²) in [5, 5.41) is 10.4. The van der Waals surface area contributed by atoms with Crippen LogP contribution in [0.4, 0.5) is 11.4 Å². The molecule has 2 heterocycles. The Labute approximate surface area is 169 Å². The summed E-state index contributed by atoms with van der Waals surface area (Å²) in [4.78, 5) is 20.6. The molecule has 150 valence electrons. The predicted molar refractivity (Wildman–Crippen MR) is 111 cm³/mol. The number of hydrogen-bond donors (Lipinski definition) is 2. The van der Waals surface area contributed by atoms with Crippen molar-refractivity contribution in [2.75, 3.05) is 10.6 Å². The summed E-state index contributed by atoms with van der Waals surface area (Å²) in [6.45, 7) is 0. The topological polar surface area (TPSA) is 92.9 Å². The van der Waals surface area contributed by atoms with Crippen molar-refractivity contribution in [3.8, 4) is 11.4 Å². The second-order valence-corrected chi connectivity index (χ2v) is 7.36. The average Bonchev–Trinajstić information content (AvgIpc) is 3.24. The lowest BCUT2D eigenvalue weighted by Gasteiger charge is -2.23. The maximum absolute atomic E-state index is 12.2. The fraction of sp³-hybridized carbons (Fsp3) is 0.364. The van der Waals surface area contributed by atoms with Crippen molar-refractivity contribution in [1.82, 2.24) is 15.1 Å². The van der Waals surface area contributed by atoms with E-state index in [1.54, 1.807) is 12.4 Å². The summed E-state index contributed by atoms with van der Waals surface area (Å²) < 4.78 is 5.23. The number of aryl methyl sites for hydroxylation is 1. The molecule has 0 atom stereocenters. The van der Waals surface area contributed by atoms with Crippen molar-refractivity contribution in [2.45, 2.75) is 51.0 Å². The molecule has 1 saturated carbocycles. The number of benzene rings is 1. The molecule has 1 aliphatic rings. The van der Waals surface area contributed by atoms with E-state index < -0.39 is 0 Å². The maximum atomic E-state index is 12.2. The number of nitrogens with zero attached hydrogens (tertiary/aromatic N) is 3. The van der Waals surface area contributed by atoms with Gasteiger partial charge in [0.25, 0.3) is 0 Å². The molecule has 0 aliphatic heterocycles. The van der Waals surface area contributed by atoms with Crippen molar-refractivity contribution in [2.24, 2.45) is 0 Å². The van der Waals surface area contributed by atoms with Crippen molar-refractivity contribution in [1.29, 1.82) is 0 Å². The third-order valence-corrected chi connectivity index (χ3v) is 5.10. The van der Waals surface area contributed by atoms with Gasteiger partial charge in [0.1, 0.15) is 0 Å². The predicted octanol–water partition coefficient (Wildman–Crippen LogP) is 4.45. The van der Waals surface area contributed by atoms with Gasteiger partial charge in [0.05, 0.1) is 0 Å². The first-order chi connectivity index (χ1) is 14.3. The quantitative estimate of drug-likeness (QED) is 0.618. The van der Waals surface area contributed by atoms with Crippen LogP contribution in [-0.4, -0.2) is 27.1 Å². The fourth-order valence-corrected chi connectivity index (χ4v) is 3.55. The number of amides is 1. The fourth-order valence-electron chi connectivity index (χ4n) is 3.55. The molecular formula is C22H25N5O2. The summed E-state index contributed by atoms with van der Waals surface area (Å²) in [7, 11) is 0. The number of hydrogen-bond acceptors (Lipinski definition) is 6. The van der Waals surface area contributed by atoms with Gasteiger partial charge in [-0.2, -0.15) is 4.98 Å². The minimum Gasteiger partial charge on any atom is -0.382 e. The van der Waals surface area contributed by atoms with Gasteiger partial charge in [0.2, 0.25) is 17.6 Å². The van der Waals surface area contributed by atoms with Crippen LogP contribution in [0.1, 0.15) is 44.4 Å². The monoisotopic (exact) mass is 391 g/mol. The van der Waals surface area contributed by atoms with Crippen LogP contribution in [0.25, 0.3) is 11.4 Å². The molecule has 1 aliphatic carbocycles. The molecule has 1 amide bonds. The molecule has 7 nitrogen and oxygen atoms in total. The molecule has 29 heavy (non-hydrogen) atoms. The van der Waals surface area contributed by atoms with Crippen LogP contribution in [0.15, 0.2) is 53.3 Å². The van der Waals surface area contributed by atoms with Crippen LogP contribution in [0, 0.1) is 0 Å². The Morgan fingerprint density at radius 1 is 1.07 bits per heavy atom. The van der Waals surface area contributed by atoms with Crippen molar-refractivity contribution >= 4 is 17.3 Å². The lowest BCUT2D eigenvalue weighted by atomic mass is 9.95. The Hall–Kier alpha value is -3.22. The molecule has 0 bridgehead atoms. The van der Waals surface area contributed by atoms with E-state index in [4.69, 9.17) is 4.52 Å². The Kier molecular flexibility index (Phi) is 6.14. The smallest absolute Gasteiger partial charge is 0.227 e. The van der Waals surface area contributed by atoms with E-state index in [1.807, 2.05) is 36.4 Å². The molecule has 0 spiro atoms. The Morgan fingerprint density at radius 2 is 1.86 bits per heavy atom. The van der Waals surface area contributed by atoms with Gasteiger partial charge in [0, 0.05) is 48.2 Å². The molecular weight excluding hydrogens is 366 g/mol. The highest BCUT2D eigenvalue weighted by molar-refractivity contribution is 5.90. The van der Waals surface area contributed by atoms with Gasteiger partial charge in [0.15, 0.2) is 0 Å². The minimum absolute atomic E-state index is 0.0842. The summed E-state index contributed by atoms with van der Waals surface area (Å²) in [6.07, 6.45) is 10.4. The Balaban J connectivity index is 1.25. The van der Waals surface area contributed by atoms with Gasteiger partial charge in [-0.1, -0.05) is 24.4 Å². The molecule has 7 heteroatoms. The third-order valence-electron chi connectivity index (χ3n) is 5.10. The zero-order chi connectivity index (χ0) is 19.9. The van der Waals surface area contributed by atoms with Gasteiger partial charge < -0.3 is 15.2 Å². The van der Waals surface area contributed by atoms with Crippen molar-refractivity contribution < 1.29 is 9.32 Å². The van der Waals surface area contributed by atoms with E-state index in [0.29, 0.717) is 24.2 Å². The van der Waals surface area contributed by atoms with E-state index in [9.17, 15) is 4.79 Å². The second-order valence-electron chi connectivity index (χ2n) is 7.36. The number of anilines is 2. The highest BCUT2D eigenvalue weighted by Crippen LogP contribution is 2.22. The number of carbonyl (C=O) groups excluding carboxylic acids is 1. The van der Waals surface area contributed by atoms with Crippen LogP contribution >= 0.6 is 0 Å². The molecule has 0 radical (unpaired) electrons. The van der Waals surface area contributed by atoms with Crippen molar-refractivity contribution in [3.63, 3.8) is 0 Å². The normalized spacial score (nSPS) is 14.5. The lowest BCUT2D eigenvalue weighted by Crippen LogP contribution is -2.22. The number of rotatable bonds is 7. The first-order valence-electron chi connectivity index (χ1n) is 10.2. The highest BCUT2D eigenvalue weighted by atomic mass is 16.5. The third kappa shape index (κ3) is 5.40. The summed E-state index contributed by atoms with van der Waals surface area (Å²) in [5.74, 6) is 0.833. The summed E-state index contributed by atoms with van der Waals surface area (Å²) >= 11 is 0. The van der Waals surface area contributed by atoms with Crippen molar-refractivity contribution in [3.05, 3.63) is 54.7 Å². The van der Waals surface area contributed by atoms with Gasteiger partial charge in [-0.05, 0) is 49.2 Å². The van der Waals surface area contributed by atoms with E-state index in [2.05, 4.69) is 25.8 Å². The Morgan fingerprint density at radius 3 is 2.62 bits per heavy atom. The standard InChI is InChI=1S/C22H25N5O2/c28-20(12-13-21-26-22(27-29-21)16-5-4-14-23-15-16)25-19-10-8-18(9-11-19)24-17-6-2-1-3-7-17/h4-5,8-11,14-15,17,24H,1-3,6-7,12-13H2,(H,25,28). The van der Waals surface area contributed by atoms with E-state index in [0.717, 1.165) is 16.9 Å². The van der Waals surface area contributed by atoms with Crippen LogP contribution in [0.2, 0.25) is 0 Å². The minimum atomic E-state index is -0.0842. The molecule has 0 saturated heterocycles. The van der Waals surface area contributed by atoms with Crippen LogP contribution in [0.3, 0.4) is 0 Å². The average molecular weight is 391 g/mol. The zero-order valence-electron chi connectivity index (χ0n) is 16.3. The van der Waals surface area contributed by atoms with Gasteiger partial charge in [-0.3, -0.25) is 9.78 Å². The molecule has 1 aromatic carbocycles. The second kappa shape index (κ2) is 9.32. The van der Waals surface area contributed by atoms with Crippen LogP contribution in [-0.2, 0) is 11.2 Å². The number of nitrogens with one attached hydrogen (secondary N) is 2. The van der Waals surface area contributed by atoms with E-state index >= 15 is 0 Å². The molecule has 3 aromatic rings. The lowest BCUT2D eigenvalue weighted by molar-refractivity contribution is -0.116. The van der Waals surface area contributed by atoms with Gasteiger partial charge in [-0.15, -0.1) is 0 Å². The van der Waals surface area contributed by atoms with Gasteiger partial charge >= 0.3 is 0 Å².